The van der Waals surface area contributed by atoms with E-state index in [1.54, 1.807) is 6.08 Å². The van der Waals surface area contributed by atoms with Crippen molar-refractivity contribution in [3.8, 4) is 0 Å². The molecule has 2 aliphatic rings. The molecule has 4 nitrogen and oxygen atoms in total. The highest BCUT2D eigenvalue weighted by Gasteiger charge is 2.21. The monoisotopic (exact) mass is 426 g/mol. The van der Waals surface area contributed by atoms with Crippen molar-refractivity contribution in [2.24, 2.45) is 15.9 Å². The number of halogens is 1. The molecule has 0 saturated carbocycles. The molecule has 3 rings (SSSR count). The molecule has 0 spiro atoms. The lowest BCUT2D eigenvalue weighted by atomic mass is 9.96. The van der Waals surface area contributed by atoms with Crippen LogP contribution in [-0.4, -0.2) is 30.1 Å². The minimum absolute atomic E-state index is 0.194. The van der Waals surface area contributed by atoms with Crippen LogP contribution in [0.3, 0.4) is 0 Å². The molecule has 0 radical (unpaired) electrons. The fourth-order valence-electron chi connectivity index (χ4n) is 3.23. The fourth-order valence-corrected chi connectivity index (χ4v) is 3.42. The van der Waals surface area contributed by atoms with Gasteiger partial charge in [-0.1, -0.05) is 53.6 Å². The summed E-state index contributed by atoms with van der Waals surface area (Å²) < 4.78 is 0. The van der Waals surface area contributed by atoms with Gasteiger partial charge in [-0.2, -0.15) is 10.2 Å². The predicted octanol–water partition coefficient (Wildman–Crippen LogP) is 5.83. The van der Waals surface area contributed by atoms with Gasteiger partial charge in [0.2, 0.25) is 0 Å². The first-order valence-corrected chi connectivity index (χ1v) is 11.0. The molecule has 0 bridgehead atoms. The Hall–Kier alpha value is -2.01. The van der Waals surface area contributed by atoms with Gasteiger partial charge in [0, 0.05) is 23.0 Å². The summed E-state index contributed by atoms with van der Waals surface area (Å²) in [5.41, 5.74) is 9.89. The SMILES string of the molecule is C=CC(C)(C)N.CNC(CCCC1=CCCC=C1)C1=NN=C(c2cccc(Cl)c2)C1. The summed E-state index contributed by atoms with van der Waals surface area (Å²) in [6.07, 6.45) is 15.2. The molecular formula is C25H35ClN4. The maximum Gasteiger partial charge on any atom is 0.0760 e. The Morgan fingerprint density at radius 3 is 2.67 bits per heavy atom. The van der Waals surface area contributed by atoms with Crippen molar-refractivity contribution in [2.75, 3.05) is 7.05 Å². The maximum absolute atomic E-state index is 6.08. The molecule has 30 heavy (non-hydrogen) atoms. The second-order valence-electron chi connectivity index (χ2n) is 8.34. The molecule has 1 aliphatic carbocycles. The molecule has 1 aliphatic heterocycles. The summed E-state index contributed by atoms with van der Waals surface area (Å²) in [7, 11) is 2.00. The van der Waals surface area contributed by atoms with Gasteiger partial charge in [-0.05, 0) is 70.7 Å². The van der Waals surface area contributed by atoms with Gasteiger partial charge in [0.05, 0.1) is 11.4 Å². The van der Waals surface area contributed by atoms with E-state index in [1.807, 2.05) is 45.2 Å². The largest absolute Gasteiger partial charge is 0.322 e. The first kappa shape index (κ1) is 24.3. The van der Waals surface area contributed by atoms with Crippen LogP contribution >= 0.6 is 11.6 Å². The lowest BCUT2D eigenvalue weighted by molar-refractivity contribution is 0.605. The van der Waals surface area contributed by atoms with Gasteiger partial charge in [-0.25, -0.2) is 0 Å². The van der Waals surface area contributed by atoms with E-state index in [4.69, 9.17) is 17.3 Å². The highest BCUT2D eigenvalue weighted by molar-refractivity contribution is 6.31. The van der Waals surface area contributed by atoms with Crippen molar-refractivity contribution in [1.82, 2.24) is 5.32 Å². The zero-order valence-corrected chi connectivity index (χ0v) is 19.3. The molecular weight excluding hydrogens is 392 g/mol. The van der Waals surface area contributed by atoms with Gasteiger partial charge in [-0.15, -0.1) is 6.58 Å². The van der Waals surface area contributed by atoms with Crippen LogP contribution in [0, 0.1) is 0 Å². The lowest BCUT2D eigenvalue weighted by Crippen LogP contribution is -2.34. The molecule has 0 amide bonds. The Morgan fingerprint density at radius 1 is 1.30 bits per heavy atom. The predicted molar refractivity (Wildman–Crippen MR) is 132 cm³/mol. The first-order chi connectivity index (χ1) is 14.3. The minimum Gasteiger partial charge on any atom is -0.322 e. The molecule has 0 saturated heterocycles. The number of nitrogens with two attached hydrogens (primary N) is 1. The average molecular weight is 427 g/mol. The molecule has 1 unspecified atom stereocenters. The van der Waals surface area contributed by atoms with Crippen LogP contribution < -0.4 is 11.1 Å². The number of nitrogens with one attached hydrogen (secondary N) is 1. The molecule has 1 heterocycles. The molecule has 0 aromatic heterocycles. The third-order valence-corrected chi connectivity index (χ3v) is 5.35. The van der Waals surface area contributed by atoms with Crippen molar-refractivity contribution in [1.29, 1.82) is 0 Å². The van der Waals surface area contributed by atoms with Crippen molar-refractivity contribution in [3.05, 3.63) is 71.3 Å². The van der Waals surface area contributed by atoms with Crippen LogP contribution in [0.25, 0.3) is 0 Å². The van der Waals surface area contributed by atoms with Gasteiger partial charge in [0.25, 0.3) is 0 Å². The molecule has 1 atom stereocenters. The van der Waals surface area contributed by atoms with Gasteiger partial charge < -0.3 is 11.1 Å². The molecule has 1 aromatic rings. The zero-order valence-electron chi connectivity index (χ0n) is 18.5. The number of benzene rings is 1. The van der Waals surface area contributed by atoms with Crippen molar-refractivity contribution in [3.63, 3.8) is 0 Å². The van der Waals surface area contributed by atoms with Crippen molar-refractivity contribution < 1.29 is 0 Å². The third-order valence-electron chi connectivity index (χ3n) is 5.11. The molecule has 0 fully saturated rings. The van der Waals surface area contributed by atoms with E-state index >= 15 is 0 Å². The molecule has 3 N–H and O–H groups in total. The fraction of sp³-hybridized carbons (Fsp3) is 0.440. The molecule has 162 valence electrons. The van der Waals surface area contributed by atoms with Crippen LogP contribution in [-0.2, 0) is 0 Å². The smallest absolute Gasteiger partial charge is 0.0760 e. The lowest BCUT2D eigenvalue weighted by Gasteiger charge is -2.16. The standard InChI is InChI=1S/C20H24ClN3.C5H11N/c1-22-18(12-5-9-15-7-3-2-4-8-15)20-14-19(23-24-20)16-10-6-11-17(21)13-16;1-4-5(2,3)6/h3,6-8,10-11,13,18,22H,2,4-5,9,12,14H2,1H3;4H,1,6H2,2-3H3. The summed E-state index contributed by atoms with van der Waals surface area (Å²) in [5, 5.41) is 12.9. The van der Waals surface area contributed by atoms with E-state index in [1.165, 1.54) is 18.4 Å². The highest BCUT2D eigenvalue weighted by atomic mass is 35.5. The quantitative estimate of drug-likeness (QED) is 0.513. The molecule has 5 heteroatoms. The number of hydrogen-bond donors (Lipinski definition) is 2. The van der Waals surface area contributed by atoms with Gasteiger partial charge >= 0.3 is 0 Å². The Morgan fingerprint density at radius 2 is 2.07 bits per heavy atom. The van der Waals surface area contributed by atoms with Crippen molar-refractivity contribution >= 4 is 23.0 Å². The summed E-state index contributed by atoms with van der Waals surface area (Å²) in [6.45, 7) is 7.31. The Labute approximate surface area is 186 Å². The average Bonchev–Trinajstić information content (AvgIpc) is 3.22. The Kier molecular flexibility index (Phi) is 9.70. The van der Waals surface area contributed by atoms with Crippen LogP contribution in [0.5, 0.6) is 0 Å². The van der Waals surface area contributed by atoms with E-state index in [-0.39, 0.29) is 5.54 Å². The number of nitrogens with zero attached hydrogens (tertiary/aromatic N) is 2. The van der Waals surface area contributed by atoms with Crippen LogP contribution in [0.15, 0.2) is 70.9 Å². The van der Waals surface area contributed by atoms with E-state index < -0.39 is 0 Å². The van der Waals surface area contributed by atoms with Crippen LogP contribution in [0.1, 0.15) is 57.9 Å². The van der Waals surface area contributed by atoms with Gasteiger partial charge in [0.1, 0.15) is 0 Å². The maximum atomic E-state index is 6.08. The second-order valence-corrected chi connectivity index (χ2v) is 8.78. The Bertz CT molecular complexity index is 828. The third kappa shape index (κ3) is 8.39. The van der Waals surface area contributed by atoms with E-state index in [2.05, 4.69) is 40.3 Å². The number of rotatable bonds is 8. The Balaban J connectivity index is 0.000000469. The number of allylic oxidation sites excluding steroid dienone is 4. The summed E-state index contributed by atoms with van der Waals surface area (Å²) >= 11 is 6.08. The number of hydrogen-bond acceptors (Lipinski definition) is 4. The summed E-state index contributed by atoms with van der Waals surface area (Å²) in [5.74, 6) is 0. The van der Waals surface area contributed by atoms with Gasteiger partial charge in [0.15, 0.2) is 0 Å². The van der Waals surface area contributed by atoms with Gasteiger partial charge in [-0.3, -0.25) is 0 Å². The highest BCUT2D eigenvalue weighted by Crippen LogP contribution is 2.20. The summed E-state index contributed by atoms with van der Waals surface area (Å²) in [4.78, 5) is 0. The summed E-state index contributed by atoms with van der Waals surface area (Å²) in [6, 6.07) is 8.12. The first-order valence-electron chi connectivity index (χ1n) is 10.7. The van der Waals surface area contributed by atoms with Crippen molar-refractivity contribution in [2.45, 2.75) is 64.0 Å². The normalized spacial score (nSPS) is 16.8. The van der Waals surface area contributed by atoms with Crippen LogP contribution in [0.4, 0.5) is 0 Å². The topological polar surface area (TPSA) is 62.8 Å². The zero-order chi connectivity index (χ0) is 22.0. The molecule has 1 aromatic carbocycles. The second kappa shape index (κ2) is 12.0. The van der Waals surface area contributed by atoms with Crippen LogP contribution in [0.2, 0.25) is 5.02 Å². The van der Waals surface area contributed by atoms with E-state index in [9.17, 15) is 0 Å². The minimum atomic E-state index is -0.194. The van der Waals surface area contributed by atoms with E-state index in [0.717, 1.165) is 47.7 Å². The van der Waals surface area contributed by atoms with E-state index in [0.29, 0.717) is 6.04 Å².